The van der Waals surface area contributed by atoms with Crippen LogP contribution in [-0.2, 0) is 18.9 Å². The summed E-state index contributed by atoms with van der Waals surface area (Å²) in [5.74, 6) is 12.6. The van der Waals surface area contributed by atoms with Gasteiger partial charge in [0, 0.05) is 16.0 Å². The fourth-order valence-electron chi connectivity index (χ4n) is 4.07. The SMILES string of the molecule is CC(C)(C)OC(=O)N1[C@H](C#Cc2cncc(C#C[C@@H]3COC(C)(C)N3C(=O)OC(C)(C)C)c2I)COC1(C)C. The zero-order valence-corrected chi connectivity index (χ0v) is 26.6. The fraction of sp³-hybridized carbons (Fsp3) is 0.621. The summed E-state index contributed by atoms with van der Waals surface area (Å²) in [6.45, 7) is 18.7. The van der Waals surface area contributed by atoms with Gasteiger partial charge in [0.1, 0.15) is 34.7 Å². The molecule has 0 bridgehead atoms. The van der Waals surface area contributed by atoms with Gasteiger partial charge in [0.05, 0.1) is 24.3 Å². The molecule has 2 aliphatic heterocycles. The Balaban J connectivity index is 1.85. The van der Waals surface area contributed by atoms with Gasteiger partial charge < -0.3 is 18.9 Å². The van der Waals surface area contributed by atoms with Gasteiger partial charge in [-0.2, -0.15) is 0 Å². The summed E-state index contributed by atoms with van der Waals surface area (Å²) in [6, 6.07) is -0.971. The predicted octanol–water partition coefficient (Wildman–Crippen LogP) is 5.13. The van der Waals surface area contributed by atoms with Crippen molar-refractivity contribution < 1.29 is 28.5 Å². The Bertz CT molecular complexity index is 1150. The number of ether oxygens (including phenoxy) is 4. The molecule has 2 atom stereocenters. The van der Waals surface area contributed by atoms with Gasteiger partial charge in [-0.05, 0) is 91.8 Å². The van der Waals surface area contributed by atoms with Crippen LogP contribution in [0.3, 0.4) is 0 Å². The molecule has 0 unspecified atom stereocenters. The Hall–Kier alpha value is -2.54. The molecule has 212 valence electrons. The summed E-state index contributed by atoms with van der Waals surface area (Å²) >= 11 is 2.18. The van der Waals surface area contributed by atoms with Crippen LogP contribution in [0.1, 0.15) is 80.4 Å². The zero-order valence-electron chi connectivity index (χ0n) is 24.4. The van der Waals surface area contributed by atoms with Gasteiger partial charge in [-0.25, -0.2) is 9.59 Å². The van der Waals surface area contributed by atoms with Crippen molar-refractivity contribution in [3.8, 4) is 23.7 Å². The molecule has 2 fully saturated rings. The van der Waals surface area contributed by atoms with E-state index in [2.05, 4.69) is 51.3 Å². The van der Waals surface area contributed by atoms with Crippen LogP contribution < -0.4 is 0 Å². The lowest BCUT2D eigenvalue weighted by Crippen LogP contribution is -2.49. The Labute approximate surface area is 245 Å². The number of carbonyl (C=O) groups excluding carboxylic acids is 2. The second-order valence-electron chi connectivity index (χ2n) is 12.3. The van der Waals surface area contributed by atoms with Crippen molar-refractivity contribution in [2.45, 2.75) is 104 Å². The van der Waals surface area contributed by atoms with E-state index in [1.54, 1.807) is 12.4 Å². The molecule has 2 saturated heterocycles. The van der Waals surface area contributed by atoms with Crippen molar-refractivity contribution in [2.75, 3.05) is 13.2 Å². The molecule has 10 heteroatoms. The van der Waals surface area contributed by atoms with E-state index in [1.165, 1.54) is 9.80 Å². The first-order chi connectivity index (χ1) is 17.8. The number of rotatable bonds is 0. The molecule has 9 nitrogen and oxygen atoms in total. The normalized spacial score (nSPS) is 21.9. The fourth-order valence-corrected chi connectivity index (χ4v) is 4.62. The molecule has 3 heterocycles. The van der Waals surface area contributed by atoms with Gasteiger partial charge in [0.15, 0.2) is 0 Å². The molecule has 1 aromatic heterocycles. The number of halogens is 1. The van der Waals surface area contributed by atoms with Crippen molar-refractivity contribution in [1.29, 1.82) is 0 Å². The van der Waals surface area contributed by atoms with E-state index >= 15 is 0 Å². The summed E-state index contributed by atoms with van der Waals surface area (Å²) < 4.78 is 23.7. The number of amides is 2. The molecule has 0 aliphatic carbocycles. The second kappa shape index (κ2) is 11.1. The Morgan fingerprint density at radius 1 is 0.846 bits per heavy atom. The van der Waals surface area contributed by atoms with E-state index in [4.69, 9.17) is 18.9 Å². The largest absolute Gasteiger partial charge is 0.444 e. The van der Waals surface area contributed by atoms with Gasteiger partial charge in [0.2, 0.25) is 0 Å². The lowest BCUT2D eigenvalue weighted by atomic mass is 10.1. The van der Waals surface area contributed by atoms with Crippen molar-refractivity contribution in [3.05, 3.63) is 27.1 Å². The first-order valence-electron chi connectivity index (χ1n) is 12.8. The van der Waals surface area contributed by atoms with E-state index in [1.807, 2.05) is 69.2 Å². The number of pyridine rings is 1. The van der Waals surface area contributed by atoms with Crippen LogP contribution in [0.4, 0.5) is 9.59 Å². The van der Waals surface area contributed by atoms with Crippen LogP contribution in [0.25, 0.3) is 0 Å². The maximum absolute atomic E-state index is 12.9. The van der Waals surface area contributed by atoms with Crippen LogP contribution in [0, 0.1) is 27.3 Å². The monoisotopic (exact) mass is 651 g/mol. The van der Waals surface area contributed by atoms with Crippen molar-refractivity contribution in [2.24, 2.45) is 0 Å². The average molecular weight is 652 g/mol. The van der Waals surface area contributed by atoms with Gasteiger partial charge in [-0.15, -0.1) is 0 Å². The Morgan fingerprint density at radius 2 is 1.21 bits per heavy atom. The first-order valence-corrected chi connectivity index (χ1v) is 13.9. The van der Waals surface area contributed by atoms with Crippen LogP contribution >= 0.6 is 22.6 Å². The van der Waals surface area contributed by atoms with Crippen molar-refractivity contribution >= 4 is 34.8 Å². The molecule has 0 N–H and O–H groups in total. The second-order valence-corrected chi connectivity index (χ2v) is 13.4. The molecule has 39 heavy (non-hydrogen) atoms. The van der Waals surface area contributed by atoms with Crippen LogP contribution in [0.15, 0.2) is 12.4 Å². The minimum atomic E-state index is -0.850. The highest BCUT2D eigenvalue weighted by Crippen LogP contribution is 2.30. The molecule has 0 radical (unpaired) electrons. The van der Waals surface area contributed by atoms with Gasteiger partial charge in [0.25, 0.3) is 0 Å². The molecule has 3 rings (SSSR count). The molecule has 0 saturated carbocycles. The highest BCUT2D eigenvalue weighted by molar-refractivity contribution is 14.1. The number of nitrogens with zero attached hydrogens (tertiary/aromatic N) is 3. The number of aromatic nitrogens is 1. The van der Waals surface area contributed by atoms with Crippen LogP contribution in [-0.4, -0.2) is 74.9 Å². The highest BCUT2D eigenvalue weighted by atomic mass is 127. The number of hydrogen-bond donors (Lipinski definition) is 0. The van der Waals surface area contributed by atoms with Crippen LogP contribution in [0.5, 0.6) is 0 Å². The molecule has 2 amide bonds. The third-order valence-electron chi connectivity index (χ3n) is 5.78. The highest BCUT2D eigenvalue weighted by Gasteiger charge is 2.46. The smallest absolute Gasteiger partial charge is 0.413 e. The molecule has 0 aromatic carbocycles. The van der Waals surface area contributed by atoms with E-state index < -0.39 is 46.9 Å². The molecule has 1 aromatic rings. The standard InChI is InChI=1S/C29H38IN3O6/c1-26(2,3)38-24(34)32-21(17-36-28(32,7)8)13-11-19-15-31-16-20(23(19)30)12-14-22-18-37-29(9,10)33(22)25(35)39-27(4,5)6/h15-16,21-22H,17-18H2,1-10H3/t21-,22-/m1/s1. The van der Waals surface area contributed by atoms with Crippen LogP contribution in [0.2, 0.25) is 0 Å². The summed E-state index contributed by atoms with van der Waals surface area (Å²) in [5.41, 5.74) is -1.64. The summed E-state index contributed by atoms with van der Waals surface area (Å²) in [5, 5.41) is 0. The molecular weight excluding hydrogens is 613 g/mol. The summed E-state index contributed by atoms with van der Waals surface area (Å²) in [4.78, 5) is 33.2. The predicted molar refractivity (Wildman–Crippen MR) is 154 cm³/mol. The van der Waals surface area contributed by atoms with Crippen molar-refractivity contribution in [1.82, 2.24) is 14.8 Å². The lowest BCUT2D eigenvalue weighted by molar-refractivity contribution is -0.0619. The first kappa shape index (κ1) is 31.0. The van der Waals surface area contributed by atoms with E-state index in [-0.39, 0.29) is 13.2 Å². The van der Waals surface area contributed by atoms with Gasteiger partial charge in [-0.3, -0.25) is 14.8 Å². The van der Waals surface area contributed by atoms with E-state index in [9.17, 15) is 9.59 Å². The Morgan fingerprint density at radius 3 is 1.54 bits per heavy atom. The summed E-state index contributed by atoms with van der Waals surface area (Å²) in [7, 11) is 0. The quantitative estimate of drug-likeness (QED) is 0.284. The number of hydrogen-bond acceptors (Lipinski definition) is 7. The zero-order chi connectivity index (χ0) is 29.4. The van der Waals surface area contributed by atoms with E-state index in [0.29, 0.717) is 11.1 Å². The molecule has 2 aliphatic rings. The maximum Gasteiger partial charge on any atom is 0.413 e. The molecular formula is C29H38IN3O6. The topological polar surface area (TPSA) is 90.4 Å². The average Bonchev–Trinajstić information content (AvgIpc) is 3.23. The van der Waals surface area contributed by atoms with Crippen molar-refractivity contribution in [3.63, 3.8) is 0 Å². The lowest BCUT2D eigenvalue weighted by Gasteiger charge is -2.33. The molecule has 0 spiro atoms. The maximum atomic E-state index is 12.9. The number of carbonyl (C=O) groups is 2. The minimum absolute atomic E-state index is 0.265. The third kappa shape index (κ3) is 7.77. The van der Waals surface area contributed by atoms with E-state index in [0.717, 1.165) is 3.57 Å². The van der Waals surface area contributed by atoms with Gasteiger partial charge >= 0.3 is 12.2 Å². The minimum Gasteiger partial charge on any atom is -0.444 e. The third-order valence-corrected chi connectivity index (χ3v) is 6.94. The Kier molecular flexibility index (Phi) is 8.86. The summed E-state index contributed by atoms with van der Waals surface area (Å²) in [6.07, 6.45) is 2.36. The van der Waals surface area contributed by atoms with Gasteiger partial charge in [-0.1, -0.05) is 23.7 Å².